The fraction of sp³-hybridized carbons (Fsp3) is 0.818. The van der Waals surface area contributed by atoms with E-state index in [1.54, 1.807) is 0 Å². The zero-order valence-electron chi connectivity index (χ0n) is 9.56. The number of hydrazine groups is 1. The highest BCUT2D eigenvalue weighted by Crippen LogP contribution is 2.24. The van der Waals surface area contributed by atoms with E-state index >= 15 is 0 Å². The third-order valence-corrected chi connectivity index (χ3v) is 3.92. The Balaban J connectivity index is 1.74. The molecule has 4 aliphatic rings. The van der Waals surface area contributed by atoms with Crippen LogP contribution >= 0.6 is 0 Å². The Morgan fingerprint density at radius 2 is 2.19 bits per heavy atom. The molecule has 16 heavy (non-hydrogen) atoms. The van der Waals surface area contributed by atoms with E-state index in [1.165, 1.54) is 13.1 Å². The van der Waals surface area contributed by atoms with Crippen molar-refractivity contribution in [2.45, 2.75) is 18.5 Å². The molecule has 90 valence electrons. The Hall–Kier alpha value is -0.620. The molecule has 2 unspecified atom stereocenters. The van der Waals surface area contributed by atoms with Gasteiger partial charge in [-0.2, -0.15) is 0 Å². The Kier molecular flexibility index (Phi) is 2.85. The van der Waals surface area contributed by atoms with Crippen molar-refractivity contribution in [3.8, 4) is 0 Å². The molecule has 3 fully saturated rings. The molecule has 0 radical (unpaired) electrons. The summed E-state index contributed by atoms with van der Waals surface area (Å²) in [6, 6.07) is 0.627. The van der Waals surface area contributed by atoms with Gasteiger partial charge in [-0.25, -0.2) is 5.43 Å². The highest BCUT2D eigenvalue weighted by Gasteiger charge is 2.38. The van der Waals surface area contributed by atoms with Gasteiger partial charge in [0.2, 0.25) is 0 Å². The monoisotopic (exact) mass is 224 g/mol. The molecule has 0 aromatic rings. The lowest BCUT2D eigenvalue weighted by atomic mass is 9.99. The predicted molar refractivity (Wildman–Crippen MR) is 61.6 cm³/mol. The lowest BCUT2D eigenvalue weighted by molar-refractivity contribution is -0.00556. The van der Waals surface area contributed by atoms with Crippen molar-refractivity contribution >= 4 is 0 Å². The molecule has 4 rings (SSSR count). The molecule has 5 nitrogen and oxygen atoms in total. The third kappa shape index (κ3) is 1.73. The summed E-state index contributed by atoms with van der Waals surface area (Å²) >= 11 is 0. The van der Waals surface area contributed by atoms with E-state index in [-0.39, 0.29) is 6.04 Å². The third-order valence-electron chi connectivity index (χ3n) is 3.92. The van der Waals surface area contributed by atoms with Crippen molar-refractivity contribution in [2.24, 2.45) is 5.84 Å². The summed E-state index contributed by atoms with van der Waals surface area (Å²) in [5, 5.41) is 0. The molecule has 0 saturated carbocycles. The molecule has 2 bridgehead atoms. The number of nitrogens with two attached hydrogens (primary N) is 1. The van der Waals surface area contributed by atoms with Gasteiger partial charge in [-0.1, -0.05) is 0 Å². The summed E-state index contributed by atoms with van der Waals surface area (Å²) in [5.74, 6) is 6.74. The van der Waals surface area contributed by atoms with Crippen molar-refractivity contribution in [1.82, 2.24) is 15.2 Å². The van der Waals surface area contributed by atoms with E-state index in [0.717, 1.165) is 38.4 Å². The van der Waals surface area contributed by atoms with Crippen LogP contribution in [0.2, 0.25) is 0 Å². The molecule has 3 saturated heterocycles. The van der Waals surface area contributed by atoms with Gasteiger partial charge in [-0.3, -0.25) is 15.6 Å². The summed E-state index contributed by atoms with van der Waals surface area (Å²) in [7, 11) is 0. The van der Waals surface area contributed by atoms with E-state index in [0.29, 0.717) is 6.04 Å². The van der Waals surface area contributed by atoms with Gasteiger partial charge in [0.25, 0.3) is 0 Å². The first kappa shape index (κ1) is 10.5. The van der Waals surface area contributed by atoms with Crippen LogP contribution in [-0.2, 0) is 4.74 Å². The number of rotatable bonds is 3. The largest absolute Gasteiger partial charge is 0.496 e. The maximum absolute atomic E-state index is 5.70. The first-order valence-electron chi connectivity index (χ1n) is 6.14. The van der Waals surface area contributed by atoms with Gasteiger partial charge < -0.3 is 4.74 Å². The van der Waals surface area contributed by atoms with Crippen LogP contribution < -0.4 is 11.3 Å². The Bertz CT molecular complexity index is 286. The normalized spacial score (nSPS) is 39.3. The fourth-order valence-electron chi connectivity index (χ4n) is 3.01. The zero-order valence-corrected chi connectivity index (χ0v) is 9.56. The van der Waals surface area contributed by atoms with Gasteiger partial charge in [0.1, 0.15) is 5.76 Å². The highest BCUT2D eigenvalue weighted by molar-refractivity contribution is 5.13. The molecule has 0 spiro atoms. The second-order valence-electron chi connectivity index (χ2n) is 4.79. The van der Waals surface area contributed by atoms with Gasteiger partial charge in [-0.05, 0) is 6.08 Å². The number of ether oxygens (including phenoxy) is 1. The summed E-state index contributed by atoms with van der Waals surface area (Å²) in [5.41, 5.74) is 2.94. The Morgan fingerprint density at radius 1 is 1.38 bits per heavy atom. The number of hydrogen-bond acceptors (Lipinski definition) is 5. The molecule has 4 aliphatic heterocycles. The molecule has 4 heterocycles. The summed E-state index contributed by atoms with van der Waals surface area (Å²) in [6.45, 7) is 6.65. The maximum atomic E-state index is 5.70. The van der Waals surface area contributed by atoms with Crippen LogP contribution in [0.5, 0.6) is 0 Å². The standard InChI is InChI=1S/C11H20N4O/c12-13-11(10-2-1-7-16-10)9-8-14-3-5-15(9)6-4-14/h2,9,11,13H,1,3-8,12H2. The van der Waals surface area contributed by atoms with Crippen LogP contribution in [0.3, 0.4) is 0 Å². The molecule has 3 N–H and O–H groups in total. The van der Waals surface area contributed by atoms with E-state index in [4.69, 9.17) is 10.6 Å². The average Bonchev–Trinajstić information content (AvgIpc) is 2.85. The first-order chi connectivity index (χ1) is 7.88. The van der Waals surface area contributed by atoms with Gasteiger partial charge in [-0.15, -0.1) is 0 Å². The predicted octanol–water partition coefficient (Wildman–Crippen LogP) is -0.878. The van der Waals surface area contributed by atoms with Crippen molar-refractivity contribution in [3.63, 3.8) is 0 Å². The Morgan fingerprint density at radius 3 is 2.69 bits per heavy atom. The zero-order chi connectivity index (χ0) is 11.0. The van der Waals surface area contributed by atoms with E-state index in [2.05, 4.69) is 21.3 Å². The number of fused-ring (bicyclic) bond motifs is 3. The first-order valence-corrected chi connectivity index (χ1v) is 6.14. The van der Waals surface area contributed by atoms with Crippen LogP contribution in [0.25, 0.3) is 0 Å². The number of nitrogens with one attached hydrogen (secondary N) is 1. The average molecular weight is 224 g/mol. The van der Waals surface area contributed by atoms with Crippen LogP contribution in [0.1, 0.15) is 6.42 Å². The smallest absolute Gasteiger partial charge is 0.112 e. The lowest BCUT2D eigenvalue weighted by Gasteiger charge is -2.49. The van der Waals surface area contributed by atoms with Gasteiger partial charge in [0.05, 0.1) is 12.6 Å². The summed E-state index contributed by atoms with van der Waals surface area (Å²) in [6.07, 6.45) is 3.19. The van der Waals surface area contributed by atoms with Gasteiger partial charge in [0, 0.05) is 45.2 Å². The second kappa shape index (κ2) is 4.33. The Labute approximate surface area is 96.2 Å². The quantitative estimate of drug-likeness (QED) is 0.482. The van der Waals surface area contributed by atoms with Gasteiger partial charge >= 0.3 is 0 Å². The van der Waals surface area contributed by atoms with E-state index < -0.39 is 0 Å². The molecular formula is C11H20N4O. The van der Waals surface area contributed by atoms with Crippen molar-refractivity contribution in [3.05, 3.63) is 11.8 Å². The SMILES string of the molecule is NNC(C1=CCCO1)C1CN2CCN1CC2. The van der Waals surface area contributed by atoms with Crippen LogP contribution in [0, 0.1) is 0 Å². The van der Waals surface area contributed by atoms with E-state index in [9.17, 15) is 0 Å². The van der Waals surface area contributed by atoms with Crippen molar-refractivity contribution < 1.29 is 4.74 Å². The van der Waals surface area contributed by atoms with Crippen LogP contribution in [0.4, 0.5) is 0 Å². The minimum absolute atomic E-state index is 0.158. The highest BCUT2D eigenvalue weighted by atomic mass is 16.5. The molecule has 2 atom stereocenters. The fourth-order valence-corrected chi connectivity index (χ4v) is 3.01. The molecule has 0 aliphatic carbocycles. The minimum atomic E-state index is 0.158. The van der Waals surface area contributed by atoms with Crippen molar-refractivity contribution in [2.75, 3.05) is 39.3 Å². The lowest BCUT2D eigenvalue weighted by Crippen LogP contribution is -2.67. The number of piperazine rings is 3. The molecule has 0 amide bonds. The number of hydrogen-bond donors (Lipinski definition) is 2. The van der Waals surface area contributed by atoms with Gasteiger partial charge in [0.15, 0.2) is 0 Å². The number of nitrogens with zero attached hydrogens (tertiary/aromatic N) is 2. The molecule has 0 aromatic heterocycles. The van der Waals surface area contributed by atoms with Crippen LogP contribution in [-0.4, -0.2) is 61.2 Å². The van der Waals surface area contributed by atoms with Crippen LogP contribution in [0.15, 0.2) is 11.8 Å². The second-order valence-corrected chi connectivity index (χ2v) is 4.79. The topological polar surface area (TPSA) is 53.8 Å². The molecular weight excluding hydrogens is 204 g/mol. The molecule has 5 heteroatoms. The summed E-state index contributed by atoms with van der Waals surface area (Å²) in [4.78, 5) is 5.05. The van der Waals surface area contributed by atoms with Crippen molar-refractivity contribution in [1.29, 1.82) is 0 Å². The minimum Gasteiger partial charge on any atom is -0.496 e. The maximum Gasteiger partial charge on any atom is 0.112 e. The molecule has 0 aromatic carbocycles. The van der Waals surface area contributed by atoms with E-state index in [1.807, 2.05) is 0 Å². The summed E-state index contributed by atoms with van der Waals surface area (Å²) < 4.78 is 5.64.